The summed E-state index contributed by atoms with van der Waals surface area (Å²) >= 11 is 0. The van der Waals surface area contributed by atoms with Crippen molar-refractivity contribution in [3.8, 4) is 5.75 Å². The third-order valence-electron chi connectivity index (χ3n) is 2.22. The zero-order chi connectivity index (χ0) is 16.4. The Morgan fingerprint density at radius 1 is 1.18 bits per heavy atom. The van der Waals surface area contributed by atoms with Crippen molar-refractivity contribution in [2.45, 2.75) is 0 Å². The van der Waals surface area contributed by atoms with Gasteiger partial charge in [0.15, 0.2) is 0 Å². The first-order valence-electron chi connectivity index (χ1n) is 6.12. The van der Waals surface area contributed by atoms with Gasteiger partial charge in [0, 0.05) is 18.7 Å². The van der Waals surface area contributed by atoms with Gasteiger partial charge in [0.1, 0.15) is 12.4 Å². The van der Waals surface area contributed by atoms with Crippen LogP contribution in [0.25, 0.3) is 0 Å². The van der Waals surface area contributed by atoms with Crippen LogP contribution in [0.5, 0.6) is 5.75 Å². The van der Waals surface area contributed by atoms with Crippen LogP contribution in [0.3, 0.4) is 0 Å². The lowest BCUT2D eigenvalue weighted by atomic mass is 10.3. The summed E-state index contributed by atoms with van der Waals surface area (Å²) in [6.07, 6.45) is -2.12. The maximum atomic E-state index is 11.3. The number of hydrogen-bond donors (Lipinski definition) is 2. The van der Waals surface area contributed by atoms with Crippen molar-refractivity contribution in [1.82, 2.24) is 5.32 Å². The summed E-state index contributed by atoms with van der Waals surface area (Å²) in [6, 6.07) is 4.93. The van der Waals surface area contributed by atoms with Crippen LogP contribution in [-0.2, 0) is 9.47 Å². The first kappa shape index (κ1) is 17.2. The van der Waals surface area contributed by atoms with Crippen molar-refractivity contribution in [2.75, 3.05) is 26.4 Å². The van der Waals surface area contributed by atoms with Gasteiger partial charge in [-0.3, -0.25) is 10.1 Å². The van der Waals surface area contributed by atoms with Crippen molar-refractivity contribution in [3.63, 3.8) is 0 Å². The molecule has 0 atom stereocenters. The summed E-state index contributed by atoms with van der Waals surface area (Å²) < 4.78 is 14.5. The van der Waals surface area contributed by atoms with E-state index in [1.165, 1.54) is 24.3 Å². The number of carbonyl (C=O) groups excluding carboxylic acids is 1. The zero-order valence-corrected chi connectivity index (χ0v) is 11.4. The minimum Gasteiger partial charge on any atom is -0.465 e. The maximum Gasteiger partial charge on any atom is 0.513 e. The second kappa shape index (κ2) is 9.13. The highest BCUT2D eigenvalue weighted by Gasteiger charge is 2.09. The highest BCUT2D eigenvalue weighted by molar-refractivity contribution is 5.64. The number of nitro groups is 1. The van der Waals surface area contributed by atoms with E-state index in [1.807, 2.05) is 0 Å². The van der Waals surface area contributed by atoms with Crippen LogP contribution in [-0.4, -0.2) is 48.6 Å². The Kier molecular flexibility index (Phi) is 7.13. The molecule has 22 heavy (non-hydrogen) atoms. The first-order chi connectivity index (χ1) is 10.5. The smallest absolute Gasteiger partial charge is 0.465 e. The summed E-state index contributed by atoms with van der Waals surface area (Å²) in [4.78, 5) is 31.3. The summed E-state index contributed by atoms with van der Waals surface area (Å²) in [6.45, 7) is 0.283. The molecule has 1 amide bonds. The third-order valence-corrected chi connectivity index (χ3v) is 2.22. The number of carbonyl (C=O) groups is 2. The van der Waals surface area contributed by atoms with E-state index in [4.69, 9.17) is 19.3 Å². The molecule has 1 aromatic carbocycles. The molecule has 1 rings (SSSR count). The summed E-state index contributed by atoms with van der Waals surface area (Å²) in [7, 11) is 0. The number of nitro benzene ring substituents is 1. The Morgan fingerprint density at radius 2 is 1.86 bits per heavy atom. The van der Waals surface area contributed by atoms with Crippen molar-refractivity contribution in [1.29, 1.82) is 0 Å². The number of benzene rings is 1. The predicted molar refractivity (Wildman–Crippen MR) is 71.9 cm³/mol. The summed E-state index contributed by atoms with van der Waals surface area (Å²) in [5, 5.41) is 20.8. The number of ether oxygens (including phenoxy) is 3. The molecule has 10 nitrogen and oxygen atoms in total. The fourth-order valence-corrected chi connectivity index (χ4v) is 1.28. The van der Waals surface area contributed by atoms with Crippen molar-refractivity contribution in [3.05, 3.63) is 34.4 Å². The Labute approximate surface area is 124 Å². The lowest BCUT2D eigenvalue weighted by Crippen LogP contribution is -2.25. The van der Waals surface area contributed by atoms with E-state index in [-0.39, 0.29) is 37.8 Å². The van der Waals surface area contributed by atoms with Crippen LogP contribution < -0.4 is 10.1 Å². The minimum absolute atomic E-state index is 0.0705. The quantitative estimate of drug-likeness (QED) is 0.241. The molecule has 0 bridgehead atoms. The molecular formula is C12H14N2O8. The molecule has 0 aliphatic rings. The minimum atomic E-state index is -1.15. The Bertz CT molecular complexity index is 516. The molecule has 0 saturated carbocycles. The molecule has 2 N–H and O–H groups in total. The van der Waals surface area contributed by atoms with E-state index in [1.54, 1.807) is 0 Å². The molecular weight excluding hydrogens is 300 g/mol. The SMILES string of the molecule is O=C(O)NCCOCCOC(=O)Oc1ccc([N+](=O)[O-])cc1. The van der Waals surface area contributed by atoms with Crippen LogP contribution in [0.1, 0.15) is 0 Å². The lowest BCUT2D eigenvalue weighted by molar-refractivity contribution is -0.384. The molecule has 0 unspecified atom stereocenters. The third kappa shape index (κ3) is 7.05. The monoisotopic (exact) mass is 314 g/mol. The van der Waals surface area contributed by atoms with Crippen molar-refractivity contribution in [2.24, 2.45) is 0 Å². The van der Waals surface area contributed by atoms with Gasteiger partial charge in [-0.1, -0.05) is 0 Å². The van der Waals surface area contributed by atoms with E-state index >= 15 is 0 Å². The van der Waals surface area contributed by atoms with E-state index in [2.05, 4.69) is 5.32 Å². The number of hydrogen-bond acceptors (Lipinski definition) is 7. The number of nitrogens with zero attached hydrogens (tertiary/aromatic N) is 1. The maximum absolute atomic E-state index is 11.3. The standard InChI is InChI=1S/C12H14N2O8/c15-11(16)13-5-6-20-7-8-21-12(17)22-10-3-1-9(2-4-10)14(18)19/h1-4,13H,5-8H2,(H,15,16). The zero-order valence-electron chi connectivity index (χ0n) is 11.4. The van der Waals surface area contributed by atoms with Crippen LogP contribution >= 0.6 is 0 Å². The molecule has 0 aromatic heterocycles. The van der Waals surface area contributed by atoms with Gasteiger partial charge in [-0.05, 0) is 12.1 Å². The molecule has 0 aliphatic carbocycles. The van der Waals surface area contributed by atoms with Crippen LogP contribution in [0.4, 0.5) is 15.3 Å². The molecule has 1 aromatic rings. The largest absolute Gasteiger partial charge is 0.513 e. The van der Waals surface area contributed by atoms with Gasteiger partial charge in [0.05, 0.1) is 18.1 Å². The molecule has 0 saturated heterocycles. The number of non-ortho nitro benzene ring substituents is 1. The fraction of sp³-hybridized carbons (Fsp3) is 0.333. The van der Waals surface area contributed by atoms with Crippen LogP contribution in [0, 0.1) is 10.1 Å². The fourth-order valence-electron chi connectivity index (χ4n) is 1.28. The number of rotatable bonds is 8. The van der Waals surface area contributed by atoms with Crippen LogP contribution in [0.15, 0.2) is 24.3 Å². The normalized spacial score (nSPS) is 9.82. The van der Waals surface area contributed by atoms with E-state index in [0.717, 1.165) is 0 Å². The number of nitrogens with one attached hydrogen (secondary N) is 1. The van der Waals surface area contributed by atoms with Gasteiger partial charge in [-0.25, -0.2) is 9.59 Å². The molecule has 0 fully saturated rings. The van der Waals surface area contributed by atoms with Gasteiger partial charge < -0.3 is 24.6 Å². The van der Waals surface area contributed by atoms with E-state index < -0.39 is 17.2 Å². The molecule has 0 aliphatic heterocycles. The second-order valence-corrected chi connectivity index (χ2v) is 3.80. The average molecular weight is 314 g/mol. The summed E-state index contributed by atoms with van der Waals surface area (Å²) in [5.41, 5.74) is -0.121. The first-order valence-corrected chi connectivity index (χ1v) is 6.12. The second-order valence-electron chi connectivity index (χ2n) is 3.80. The van der Waals surface area contributed by atoms with Crippen molar-refractivity contribution >= 4 is 17.9 Å². The van der Waals surface area contributed by atoms with Gasteiger partial charge in [-0.2, -0.15) is 0 Å². The Balaban J connectivity index is 2.15. The molecule has 0 radical (unpaired) electrons. The lowest BCUT2D eigenvalue weighted by Gasteiger charge is -2.06. The van der Waals surface area contributed by atoms with Gasteiger partial charge in [-0.15, -0.1) is 0 Å². The Hall–Kier alpha value is -2.88. The van der Waals surface area contributed by atoms with Crippen LogP contribution in [0.2, 0.25) is 0 Å². The number of carboxylic acid groups (broad SMARTS) is 1. The predicted octanol–water partition coefficient (Wildman–Crippen LogP) is 1.39. The highest BCUT2D eigenvalue weighted by atomic mass is 16.7. The van der Waals surface area contributed by atoms with Gasteiger partial charge in [0.25, 0.3) is 5.69 Å². The number of amides is 1. The van der Waals surface area contributed by atoms with Gasteiger partial charge >= 0.3 is 12.2 Å². The average Bonchev–Trinajstić information content (AvgIpc) is 2.46. The van der Waals surface area contributed by atoms with Gasteiger partial charge in [0.2, 0.25) is 0 Å². The van der Waals surface area contributed by atoms with E-state index in [0.29, 0.717) is 0 Å². The summed E-state index contributed by atoms with van der Waals surface area (Å²) in [5.74, 6) is 0.113. The topological polar surface area (TPSA) is 137 Å². The molecule has 0 heterocycles. The Morgan fingerprint density at radius 3 is 2.45 bits per heavy atom. The molecule has 10 heteroatoms. The van der Waals surface area contributed by atoms with Crippen molar-refractivity contribution < 1.29 is 33.8 Å². The highest BCUT2D eigenvalue weighted by Crippen LogP contribution is 2.17. The molecule has 120 valence electrons. The molecule has 0 spiro atoms. The van der Waals surface area contributed by atoms with E-state index in [9.17, 15) is 19.7 Å².